The Balaban J connectivity index is 2.58. The van der Waals surface area contributed by atoms with E-state index in [4.69, 9.17) is 5.14 Å². The highest BCUT2D eigenvalue weighted by Crippen LogP contribution is 2.25. The molecule has 0 aliphatic rings. The molecule has 3 N–H and O–H groups in total. The Kier molecular flexibility index (Phi) is 7.04. The van der Waals surface area contributed by atoms with E-state index in [0.717, 1.165) is 17.8 Å². The van der Waals surface area contributed by atoms with E-state index in [9.17, 15) is 17.8 Å². The molecule has 0 fully saturated rings. The molecule has 0 amide bonds. The largest absolute Gasteiger partial charge is 0.377 e. The van der Waals surface area contributed by atoms with E-state index in [0.29, 0.717) is 16.8 Å². The van der Waals surface area contributed by atoms with Gasteiger partial charge in [0.15, 0.2) is 0 Å². The van der Waals surface area contributed by atoms with Crippen molar-refractivity contribution in [3.63, 3.8) is 0 Å². The third-order valence-corrected chi connectivity index (χ3v) is 4.92. The Morgan fingerprint density at radius 2 is 1.79 bits per heavy atom. The van der Waals surface area contributed by atoms with Gasteiger partial charge in [-0.2, -0.15) is 0 Å². The van der Waals surface area contributed by atoms with Gasteiger partial charge in [0.2, 0.25) is 0 Å². The number of benzene rings is 1. The lowest BCUT2D eigenvalue weighted by molar-refractivity contribution is 0.607. The first kappa shape index (κ1) is 21.7. The lowest BCUT2D eigenvalue weighted by Crippen LogP contribution is -2.16. The van der Waals surface area contributed by atoms with Crippen molar-refractivity contribution in [2.75, 3.05) is 5.32 Å². The van der Waals surface area contributed by atoms with Crippen molar-refractivity contribution in [1.29, 1.82) is 0 Å². The number of halogens is 2. The Morgan fingerprint density at radius 1 is 1.11 bits per heavy atom. The van der Waals surface area contributed by atoms with Crippen LogP contribution in [0.5, 0.6) is 0 Å². The molecule has 1 aromatic carbocycles. The topological polar surface area (TPSA) is 77.1 Å². The molecule has 0 saturated carbocycles. The molecular weight excluding hydrogens is 384 g/mol. The first-order chi connectivity index (χ1) is 13.1. The average molecular weight is 407 g/mol. The van der Waals surface area contributed by atoms with E-state index in [2.05, 4.69) is 5.32 Å². The molecule has 0 spiro atoms. The van der Waals surface area contributed by atoms with Gasteiger partial charge in [0, 0.05) is 24.8 Å². The number of rotatable bonds is 4. The number of nitrogens with zero attached hydrogens (tertiary/aromatic N) is 1. The number of aryl methyl sites for hydroxylation is 3. The molecule has 1 unspecified atom stereocenters. The van der Waals surface area contributed by atoms with Crippen LogP contribution in [0, 0.1) is 25.5 Å². The summed E-state index contributed by atoms with van der Waals surface area (Å²) in [4.78, 5) is 12.3. The molecular formula is C20H23F2N3O2S. The molecule has 0 bridgehead atoms. The summed E-state index contributed by atoms with van der Waals surface area (Å²) in [5.74, 6) is -1.15. The Hall–Kier alpha value is -2.58. The summed E-state index contributed by atoms with van der Waals surface area (Å²) in [7, 11) is -0.405. The van der Waals surface area contributed by atoms with Crippen LogP contribution >= 0.6 is 0 Å². The Morgan fingerprint density at radius 3 is 2.43 bits per heavy atom. The van der Waals surface area contributed by atoms with Crippen LogP contribution in [0.4, 0.5) is 14.5 Å². The minimum atomic E-state index is -1.89. The number of hydrogen-bond acceptors (Lipinski definition) is 3. The zero-order valence-corrected chi connectivity index (χ0v) is 16.9. The lowest BCUT2D eigenvalue weighted by Gasteiger charge is -2.18. The number of hydrogen-bond donors (Lipinski definition) is 2. The van der Waals surface area contributed by atoms with Gasteiger partial charge in [0.05, 0.1) is 10.6 Å². The molecule has 0 saturated heterocycles. The summed E-state index contributed by atoms with van der Waals surface area (Å²) < 4.78 is 40.8. The van der Waals surface area contributed by atoms with Crippen molar-refractivity contribution in [1.82, 2.24) is 4.57 Å². The highest BCUT2D eigenvalue weighted by molar-refractivity contribution is 7.82. The number of nitrogens with two attached hydrogens (primary N) is 1. The van der Waals surface area contributed by atoms with Gasteiger partial charge in [0.25, 0.3) is 5.56 Å². The van der Waals surface area contributed by atoms with E-state index in [1.54, 1.807) is 32.9 Å². The van der Waals surface area contributed by atoms with Crippen LogP contribution in [0.25, 0.3) is 0 Å². The molecule has 28 heavy (non-hydrogen) atoms. The van der Waals surface area contributed by atoms with Crippen LogP contribution in [-0.2, 0) is 18.0 Å². The van der Waals surface area contributed by atoms with Crippen LogP contribution in [-0.4, -0.2) is 8.78 Å². The summed E-state index contributed by atoms with van der Waals surface area (Å²) >= 11 is 0. The fraction of sp³-hybridized carbons (Fsp3) is 0.250. The van der Waals surface area contributed by atoms with Crippen molar-refractivity contribution in [2.45, 2.75) is 31.7 Å². The second-order valence-electron chi connectivity index (χ2n) is 6.59. The van der Waals surface area contributed by atoms with E-state index < -0.39 is 28.7 Å². The third kappa shape index (κ3) is 5.46. The average Bonchev–Trinajstić information content (AvgIpc) is 2.60. The van der Waals surface area contributed by atoms with Crippen LogP contribution < -0.4 is 16.0 Å². The minimum Gasteiger partial charge on any atom is -0.377 e. The molecule has 2 aromatic rings. The van der Waals surface area contributed by atoms with Crippen LogP contribution in [0.2, 0.25) is 0 Å². The zero-order chi connectivity index (χ0) is 21.0. The van der Waals surface area contributed by atoms with E-state index in [-0.39, 0.29) is 10.5 Å². The summed E-state index contributed by atoms with van der Waals surface area (Å²) in [6.07, 6.45) is 1.11. The highest BCUT2D eigenvalue weighted by atomic mass is 32.2. The maximum absolute atomic E-state index is 14.4. The van der Waals surface area contributed by atoms with Crippen LogP contribution in [0.15, 0.2) is 52.3 Å². The summed E-state index contributed by atoms with van der Waals surface area (Å²) in [6, 6.07) is 8.11. The fourth-order valence-corrected chi connectivity index (χ4v) is 3.39. The normalized spacial score (nSPS) is 12.8. The SMILES string of the molecule is Cc1cc([C@@H](C)Nc2ccc(F)cc2S(N)=O)cc(F)cn(C)c(=O)c(C)c1. The van der Waals surface area contributed by atoms with Crippen molar-refractivity contribution >= 4 is 16.7 Å². The third-order valence-electron chi connectivity index (χ3n) is 4.15. The predicted octanol–water partition coefficient (Wildman–Crippen LogP) is 3.56. The zero-order valence-electron chi connectivity index (χ0n) is 16.1. The van der Waals surface area contributed by atoms with Crippen molar-refractivity contribution in [2.24, 2.45) is 12.2 Å². The van der Waals surface area contributed by atoms with Gasteiger partial charge < -0.3 is 9.88 Å². The smallest absolute Gasteiger partial charge is 0.253 e. The molecule has 1 aromatic heterocycles. The van der Waals surface area contributed by atoms with Gasteiger partial charge in [-0.05, 0) is 50.6 Å². The maximum Gasteiger partial charge on any atom is 0.253 e. The number of anilines is 1. The molecule has 150 valence electrons. The van der Waals surface area contributed by atoms with Crippen molar-refractivity contribution < 1.29 is 13.0 Å². The van der Waals surface area contributed by atoms with Crippen LogP contribution in [0.1, 0.15) is 29.7 Å². The van der Waals surface area contributed by atoms with Crippen molar-refractivity contribution in [3.05, 3.63) is 81.3 Å². The summed E-state index contributed by atoms with van der Waals surface area (Å²) in [6.45, 7) is 5.25. The molecule has 0 aliphatic heterocycles. The first-order valence-corrected chi connectivity index (χ1v) is 9.74. The minimum absolute atomic E-state index is 0.116. The quantitative estimate of drug-likeness (QED) is 0.814. The second kappa shape index (κ2) is 9.07. The number of nitrogens with one attached hydrogen (secondary N) is 1. The highest BCUT2D eigenvalue weighted by Gasteiger charge is 2.12. The maximum atomic E-state index is 14.4. The van der Waals surface area contributed by atoms with E-state index in [1.165, 1.54) is 29.8 Å². The molecule has 1 heterocycles. The number of aromatic nitrogens is 1. The van der Waals surface area contributed by atoms with Gasteiger partial charge >= 0.3 is 0 Å². The van der Waals surface area contributed by atoms with Gasteiger partial charge in [0.1, 0.15) is 22.6 Å². The Bertz CT molecular complexity index is 994. The van der Waals surface area contributed by atoms with Crippen LogP contribution in [0.3, 0.4) is 0 Å². The summed E-state index contributed by atoms with van der Waals surface area (Å²) in [5, 5.41) is 8.53. The monoisotopic (exact) mass is 407 g/mol. The van der Waals surface area contributed by atoms with Crippen molar-refractivity contribution in [3.8, 4) is 0 Å². The summed E-state index contributed by atoms with van der Waals surface area (Å²) in [5.41, 5.74) is 1.91. The molecule has 2 rings (SSSR count). The molecule has 8 heteroatoms. The first-order valence-electron chi connectivity index (χ1n) is 8.53. The van der Waals surface area contributed by atoms with Gasteiger partial charge in [-0.3, -0.25) is 4.79 Å². The standard InChI is InChI=1S/C20H23F2N3O2S/c1-12-7-13(2)20(26)25(4)11-17(22)9-15(8-12)14(3)24-18-6-5-16(21)10-19(18)28(23)27/h5-11,14,24H,23H2,1-4H3/t14-,28?/m1/s1. The van der Waals surface area contributed by atoms with Gasteiger partial charge in [-0.1, -0.05) is 17.7 Å². The second-order valence-corrected chi connectivity index (χ2v) is 7.63. The molecule has 0 aliphatic carbocycles. The van der Waals surface area contributed by atoms with E-state index >= 15 is 0 Å². The molecule has 0 radical (unpaired) electrons. The van der Waals surface area contributed by atoms with Gasteiger partial charge in [-0.25, -0.2) is 18.1 Å². The lowest BCUT2D eigenvalue weighted by atomic mass is 10.1. The van der Waals surface area contributed by atoms with Gasteiger partial charge in [-0.15, -0.1) is 0 Å². The Labute approximate surface area is 165 Å². The predicted molar refractivity (Wildman–Crippen MR) is 108 cm³/mol. The molecule has 5 nitrogen and oxygen atoms in total. The molecule has 2 atom stereocenters. The van der Waals surface area contributed by atoms with E-state index in [1.807, 2.05) is 0 Å². The fourth-order valence-electron chi connectivity index (χ4n) is 2.82.